The number of aliphatic carboxylic acids is 1. The highest BCUT2D eigenvalue weighted by molar-refractivity contribution is 9.10. The predicted molar refractivity (Wildman–Crippen MR) is 82.2 cm³/mol. The van der Waals surface area contributed by atoms with Crippen LogP contribution in [0.5, 0.6) is 0 Å². The average Bonchev–Trinajstić information content (AvgIpc) is 2.46. The zero-order valence-electron chi connectivity index (χ0n) is 11.2. The van der Waals surface area contributed by atoms with Gasteiger partial charge in [0, 0.05) is 17.6 Å². The lowest BCUT2D eigenvalue weighted by molar-refractivity contribution is -0.153. The zero-order valence-corrected chi connectivity index (χ0v) is 12.8. The van der Waals surface area contributed by atoms with Crippen LogP contribution in [0.1, 0.15) is 6.42 Å². The van der Waals surface area contributed by atoms with Crippen molar-refractivity contribution in [1.29, 1.82) is 0 Å². The molecular formula is C15H14BrN3O2. The van der Waals surface area contributed by atoms with Crippen LogP contribution in [0.15, 0.2) is 29.0 Å². The molecule has 1 saturated carbocycles. The number of aromatic nitrogens is 2. The number of carboxylic acids is 1. The number of fused-ring (bicyclic) bond motifs is 3. The Bertz CT molecular complexity index is 719. The average molecular weight is 348 g/mol. The second kappa shape index (κ2) is 4.66. The number of nitrogens with zero attached hydrogens (tertiary/aromatic N) is 3. The largest absolute Gasteiger partial charge is 0.481 e. The van der Waals surface area contributed by atoms with Crippen molar-refractivity contribution in [2.45, 2.75) is 6.42 Å². The SMILES string of the molecule is O=C(O)C1C2CC1CN(c1ncnc3cccc(Br)c13)C2. The summed E-state index contributed by atoms with van der Waals surface area (Å²) in [5, 5.41) is 10.3. The van der Waals surface area contributed by atoms with Gasteiger partial charge in [0.25, 0.3) is 0 Å². The van der Waals surface area contributed by atoms with Crippen LogP contribution in [-0.2, 0) is 4.79 Å². The molecule has 2 saturated heterocycles. The molecule has 5 rings (SSSR count). The maximum Gasteiger partial charge on any atom is 0.307 e. The molecule has 6 heteroatoms. The summed E-state index contributed by atoms with van der Waals surface area (Å²) in [6, 6.07) is 5.91. The van der Waals surface area contributed by atoms with E-state index in [1.807, 2.05) is 18.2 Å². The van der Waals surface area contributed by atoms with Crippen LogP contribution in [-0.4, -0.2) is 34.1 Å². The molecule has 2 atom stereocenters. The van der Waals surface area contributed by atoms with Crippen molar-refractivity contribution in [3.63, 3.8) is 0 Å². The lowest BCUT2D eigenvalue weighted by Crippen LogP contribution is -2.58. The summed E-state index contributed by atoms with van der Waals surface area (Å²) in [7, 11) is 0. The van der Waals surface area contributed by atoms with Gasteiger partial charge in [-0.2, -0.15) is 0 Å². The molecule has 1 aromatic carbocycles. The van der Waals surface area contributed by atoms with Gasteiger partial charge in [-0.15, -0.1) is 0 Å². The van der Waals surface area contributed by atoms with Crippen molar-refractivity contribution in [3.05, 3.63) is 29.0 Å². The first-order valence-electron chi connectivity index (χ1n) is 7.02. The lowest BCUT2D eigenvalue weighted by atomic mass is 9.61. The van der Waals surface area contributed by atoms with E-state index < -0.39 is 5.97 Å². The molecule has 1 aromatic heterocycles. The fourth-order valence-electron chi connectivity index (χ4n) is 3.76. The topological polar surface area (TPSA) is 66.3 Å². The van der Waals surface area contributed by atoms with E-state index in [0.717, 1.165) is 40.7 Å². The molecule has 21 heavy (non-hydrogen) atoms. The third-order valence-corrected chi connectivity index (χ3v) is 5.37. The summed E-state index contributed by atoms with van der Waals surface area (Å²) in [5.74, 6) is 0.580. The standard InChI is InChI=1S/C15H14BrN3O2/c16-10-2-1-3-11-13(10)14(18-7-17-11)19-5-8-4-9(6-19)12(8)15(20)21/h1-3,7-9,12H,4-6H2,(H,20,21). The molecule has 2 unspecified atom stereocenters. The minimum absolute atomic E-state index is 0.169. The van der Waals surface area contributed by atoms with E-state index in [2.05, 4.69) is 30.8 Å². The highest BCUT2D eigenvalue weighted by Gasteiger charge is 2.51. The normalized spacial score (nSPS) is 27.5. The van der Waals surface area contributed by atoms with Gasteiger partial charge in [-0.05, 0) is 46.3 Å². The van der Waals surface area contributed by atoms with Gasteiger partial charge in [0.05, 0.1) is 16.8 Å². The summed E-state index contributed by atoms with van der Waals surface area (Å²) < 4.78 is 0.977. The fourth-order valence-corrected chi connectivity index (χ4v) is 4.29. The molecule has 3 fully saturated rings. The first-order chi connectivity index (χ1) is 10.1. The second-order valence-electron chi connectivity index (χ2n) is 5.86. The molecule has 108 valence electrons. The highest BCUT2D eigenvalue weighted by Crippen LogP contribution is 2.47. The lowest BCUT2D eigenvalue weighted by Gasteiger charge is -2.52. The van der Waals surface area contributed by atoms with Gasteiger partial charge in [-0.3, -0.25) is 4.79 Å². The van der Waals surface area contributed by atoms with Crippen LogP contribution >= 0.6 is 15.9 Å². The molecule has 0 amide bonds. The summed E-state index contributed by atoms with van der Waals surface area (Å²) in [6.45, 7) is 1.53. The van der Waals surface area contributed by atoms with Gasteiger partial charge in [0.2, 0.25) is 0 Å². The molecule has 2 bridgehead atoms. The number of carbonyl (C=O) groups is 1. The molecule has 1 aliphatic carbocycles. The van der Waals surface area contributed by atoms with Crippen LogP contribution in [0, 0.1) is 17.8 Å². The number of rotatable bonds is 2. The van der Waals surface area contributed by atoms with E-state index >= 15 is 0 Å². The Kier molecular flexibility index (Phi) is 2.89. The van der Waals surface area contributed by atoms with Crippen molar-refractivity contribution in [1.82, 2.24) is 9.97 Å². The Morgan fingerprint density at radius 1 is 1.29 bits per heavy atom. The van der Waals surface area contributed by atoms with Gasteiger partial charge in [0.1, 0.15) is 12.1 Å². The minimum Gasteiger partial charge on any atom is -0.481 e. The highest BCUT2D eigenvalue weighted by atomic mass is 79.9. The van der Waals surface area contributed by atoms with E-state index in [1.165, 1.54) is 0 Å². The van der Waals surface area contributed by atoms with Crippen LogP contribution in [0.2, 0.25) is 0 Å². The zero-order chi connectivity index (χ0) is 14.6. The first kappa shape index (κ1) is 13.0. The quantitative estimate of drug-likeness (QED) is 0.904. The minimum atomic E-state index is -0.648. The predicted octanol–water partition coefficient (Wildman–Crippen LogP) is 2.55. The second-order valence-corrected chi connectivity index (χ2v) is 6.71. The Labute approximate surface area is 130 Å². The van der Waals surface area contributed by atoms with Crippen molar-refractivity contribution in [3.8, 4) is 0 Å². The Hall–Kier alpha value is -1.69. The number of anilines is 1. The van der Waals surface area contributed by atoms with E-state index in [1.54, 1.807) is 6.33 Å². The van der Waals surface area contributed by atoms with Crippen LogP contribution in [0.4, 0.5) is 5.82 Å². The van der Waals surface area contributed by atoms with E-state index in [0.29, 0.717) is 0 Å². The number of carboxylic acid groups (broad SMARTS) is 1. The molecule has 5 nitrogen and oxygen atoms in total. The number of hydrogen-bond donors (Lipinski definition) is 1. The summed E-state index contributed by atoms with van der Waals surface area (Å²) in [6.07, 6.45) is 2.61. The number of halogens is 1. The van der Waals surface area contributed by atoms with Crippen molar-refractivity contribution in [2.75, 3.05) is 18.0 Å². The maximum absolute atomic E-state index is 11.3. The summed E-state index contributed by atoms with van der Waals surface area (Å²) in [4.78, 5) is 22.2. The van der Waals surface area contributed by atoms with Gasteiger partial charge in [-0.1, -0.05) is 6.07 Å². The van der Waals surface area contributed by atoms with Crippen molar-refractivity contribution >= 4 is 38.6 Å². The van der Waals surface area contributed by atoms with Crippen LogP contribution in [0.25, 0.3) is 10.9 Å². The fraction of sp³-hybridized carbons (Fsp3) is 0.400. The van der Waals surface area contributed by atoms with Gasteiger partial charge >= 0.3 is 5.97 Å². The number of benzene rings is 1. The van der Waals surface area contributed by atoms with E-state index in [9.17, 15) is 9.90 Å². The monoisotopic (exact) mass is 347 g/mol. The van der Waals surface area contributed by atoms with Gasteiger partial charge in [0.15, 0.2) is 0 Å². The maximum atomic E-state index is 11.3. The third-order valence-electron chi connectivity index (χ3n) is 4.71. The Balaban J connectivity index is 1.72. The third kappa shape index (κ3) is 1.92. The molecular weight excluding hydrogens is 334 g/mol. The molecule has 3 heterocycles. The molecule has 0 spiro atoms. The van der Waals surface area contributed by atoms with Gasteiger partial charge < -0.3 is 10.0 Å². The molecule has 2 aromatic rings. The molecule has 3 aliphatic rings. The Morgan fingerprint density at radius 2 is 2.05 bits per heavy atom. The Morgan fingerprint density at radius 3 is 2.76 bits per heavy atom. The first-order valence-corrected chi connectivity index (χ1v) is 7.81. The molecule has 2 aliphatic heterocycles. The van der Waals surface area contributed by atoms with E-state index in [-0.39, 0.29) is 17.8 Å². The number of piperidine rings is 2. The molecule has 0 radical (unpaired) electrons. The summed E-state index contributed by atoms with van der Waals surface area (Å²) in [5.41, 5.74) is 0.906. The van der Waals surface area contributed by atoms with Gasteiger partial charge in [-0.25, -0.2) is 9.97 Å². The smallest absolute Gasteiger partial charge is 0.307 e. The van der Waals surface area contributed by atoms with Crippen molar-refractivity contribution < 1.29 is 9.90 Å². The number of hydrogen-bond acceptors (Lipinski definition) is 4. The van der Waals surface area contributed by atoms with Crippen LogP contribution < -0.4 is 4.90 Å². The van der Waals surface area contributed by atoms with Crippen LogP contribution in [0.3, 0.4) is 0 Å². The molecule has 1 N–H and O–H groups in total. The van der Waals surface area contributed by atoms with E-state index in [4.69, 9.17) is 0 Å². The van der Waals surface area contributed by atoms with Crippen molar-refractivity contribution in [2.24, 2.45) is 17.8 Å². The summed E-state index contributed by atoms with van der Waals surface area (Å²) >= 11 is 3.57.